The Hall–Kier alpha value is -0.570. The van der Waals surface area contributed by atoms with Crippen molar-refractivity contribution in [1.29, 1.82) is 0 Å². The lowest BCUT2D eigenvalue weighted by atomic mass is 9.92. The zero-order valence-corrected chi connectivity index (χ0v) is 13.7. The van der Waals surface area contributed by atoms with E-state index in [1.165, 1.54) is 49.2 Å². The Bertz CT molecular complexity index is 449. The Morgan fingerprint density at radius 1 is 1.15 bits per heavy atom. The van der Waals surface area contributed by atoms with Gasteiger partial charge in [0.05, 0.1) is 0 Å². The maximum atomic E-state index is 3.65. The van der Waals surface area contributed by atoms with Crippen LogP contribution in [0.3, 0.4) is 0 Å². The molecule has 2 fully saturated rings. The van der Waals surface area contributed by atoms with Crippen molar-refractivity contribution in [2.75, 3.05) is 19.6 Å². The topological polar surface area (TPSA) is 15.3 Å². The first kappa shape index (κ1) is 15.8. The van der Waals surface area contributed by atoms with Crippen LogP contribution in [-0.2, 0) is 6.54 Å². The number of rotatable bonds is 2. The van der Waals surface area contributed by atoms with E-state index in [-0.39, 0.29) is 12.4 Å². The molecule has 3 heteroatoms. The number of aryl methyl sites for hydroxylation is 3. The number of fused-ring (bicyclic) bond motifs is 1. The van der Waals surface area contributed by atoms with E-state index in [0.717, 1.165) is 18.5 Å². The van der Waals surface area contributed by atoms with Gasteiger partial charge in [0.2, 0.25) is 0 Å². The molecule has 0 bridgehead atoms. The summed E-state index contributed by atoms with van der Waals surface area (Å²) in [6.45, 7) is 11.6. The molecule has 1 aromatic carbocycles. The zero-order chi connectivity index (χ0) is 13.4. The van der Waals surface area contributed by atoms with Crippen LogP contribution in [0, 0.1) is 26.7 Å². The SMILES string of the molecule is Cc1cc(C)c(CN2CCC3NCCC3C2)c(C)c1.Cl. The van der Waals surface area contributed by atoms with Gasteiger partial charge in [0.1, 0.15) is 0 Å². The molecular formula is C17H27ClN2. The van der Waals surface area contributed by atoms with Gasteiger partial charge in [-0.2, -0.15) is 0 Å². The maximum Gasteiger partial charge on any atom is 0.0239 e. The number of piperidine rings is 1. The standard InChI is InChI=1S/C17H26N2.ClH/c1-12-8-13(2)16(14(3)9-12)11-19-7-5-17-15(10-19)4-6-18-17;/h8-9,15,17-18H,4-7,10-11H2,1-3H3;1H. The molecule has 1 aromatic rings. The molecule has 2 unspecified atom stereocenters. The highest BCUT2D eigenvalue weighted by Crippen LogP contribution is 2.27. The highest BCUT2D eigenvalue weighted by atomic mass is 35.5. The second-order valence-electron chi connectivity index (χ2n) is 6.51. The van der Waals surface area contributed by atoms with Gasteiger partial charge in [-0.1, -0.05) is 17.7 Å². The molecule has 1 N–H and O–H groups in total. The van der Waals surface area contributed by atoms with E-state index in [2.05, 4.69) is 43.1 Å². The minimum Gasteiger partial charge on any atom is -0.314 e. The first-order valence-electron chi connectivity index (χ1n) is 7.66. The summed E-state index contributed by atoms with van der Waals surface area (Å²) in [6.07, 6.45) is 2.70. The summed E-state index contributed by atoms with van der Waals surface area (Å²) >= 11 is 0. The Morgan fingerprint density at radius 2 is 1.85 bits per heavy atom. The minimum absolute atomic E-state index is 0. The Balaban J connectivity index is 0.00000147. The summed E-state index contributed by atoms with van der Waals surface area (Å²) in [5.41, 5.74) is 5.86. The highest BCUT2D eigenvalue weighted by molar-refractivity contribution is 5.85. The molecule has 2 aliphatic rings. The van der Waals surface area contributed by atoms with Crippen LogP contribution in [0.2, 0.25) is 0 Å². The number of benzene rings is 1. The number of hydrogen-bond acceptors (Lipinski definition) is 2. The van der Waals surface area contributed by atoms with Crippen LogP contribution in [0.1, 0.15) is 35.1 Å². The first-order chi connectivity index (χ1) is 9.13. The van der Waals surface area contributed by atoms with E-state index in [1.807, 2.05) is 0 Å². The maximum absolute atomic E-state index is 3.65. The molecule has 2 nitrogen and oxygen atoms in total. The third kappa shape index (κ3) is 3.19. The summed E-state index contributed by atoms with van der Waals surface area (Å²) < 4.78 is 0. The molecule has 0 aromatic heterocycles. The molecule has 2 atom stereocenters. The van der Waals surface area contributed by atoms with E-state index in [0.29, 0.717) is 0 Å². The Kier molecular flexibility index (Phi) is 5.11. The van der Waals surface area contributed by atoms with Crippen LogP contribution in [0.4, 0.5) is 0 Å². The molecule has 0 amide bonds. The van der Waals surface area contributed by atoms with Gasteiger partial charge in [0, 0.05) is 19.1 Å². The zero-order valence-electron chi connectivity index (χ0n) is 12.9. The lowest BCUT2D eigenvalue weighted by molar-refractivity contribution is 0.155. The number of nitrogens with zero attached hydrogens (tertiary/aromatic N) is 1. The summed E-state index contributed by atoms with van der Waals surface area (Å²) in [5, 5.41) is 3.65. The van der Waals surface area contributed by atoms with Crippen LogP contribution in [0.15, 0.2) is 12.1 Å². The van der Waals surface area contributed by atoms with E-state index in [9.17, 15) is 0 Å². The van der Waals surface area contributed by atoms with Crippen LogP contribution < -0.4 is 5.32 Å². The second-order valence-corrected chi connectivity index (χ2v) is 6.51. The number of likely N-dealkylation sites (tertiary alicyclic amines) is 1. The van der Waals surface area contributed by atoms with Crippen LogP contribution in [0.25, 0.3) is 0 Å². The van der Waals surface area contributed by atoms with Crippen LogP contribution >= 0.6 is 12.4 Å². The van der Waals surface area contributed by atoms with E-state index in [4.69, 9.17) is 0 Å². The summed E-state index contributed by atoms with van der Waals surface area (Å²) in [6, 6.07) is 5.45. The molecule has 0 spiro atoms. The molecule has 2 aliphatic heterocycles. The third-order valence-corrected chi connectivity index (χ3v) is 4.96. The highest BCUT2D eigenvalue weighted by Gasteiger charge is 2.32. The molecular weight excluding hydrogens is 268 g/mol. The fourth-order valence-electron chi connectivity index (χ4n) is 3.95. The van der Waals surface area contributed by atoms with Crippen molar-refractivity contribution in [2.24, 2.45) is 5.92 Å². The molecule has 0 saturated carbocycles. The summed E-state index contributed by atoms with van der Waals surface area (Å²) in [4.78, 5) is 2.67. The smallest absolute Gasteiger partial charge is 0.0239 e. The Labute approximate surface area is 129 Å². The van der Waals surface area contributed by atoms with Crippen molar-refractivity contribution in [3.63, 3.8) is 0 Å². The molecule has 3 rings (SSSR count). The predicted molar refractivity (Wildman–Crippen MR) is 87.7 cm³/mol. The van der Waals surface area contributed by atoms with E-state index >= 15 is 0 Å². The van der Waals surface area contributed by atoms with E-state index < -0.39 is 0 Å². The Morgan fingerprint density at radius 3 is 2.55 bits per heavy atom. The molecule has 112 valence electrons. The van der Waals surface area contributed by atoms with Crippen molar-refractivity contribution in [1.82, 2.24) is 10.2 Å². The van der Waals surface area contributed by atoms with Gasteiger partial charge in [0.15, 0.2) is 0 Å². The summed E-state index contributed by atoms with van der Waals surface area (Å²) in [7, 11) is 0. The van der Waals surface area contributed by atoms with Crippen molar-refractivity contribution < 1.29 is 0 Å². The number of hydrogen-bond donors (Lipinski definition) is 1. The molecule has 0 radical (unpaired) electrons. The fraction of sp³-hybridized carbons (Fsp3) is 0.647. The predicted octanol–water partition coefficient (Wildman–Crippen LogP) is 3.22. The van der Waals surface area contributed by atoms with Gasteiger partial charge in [-0.15, -0.1) is 12.4 Å². The number of nitrogens with one attached hydrogen (secondary N) is 1. The minimum atomic E-state index is 0. The lowest BCUT2D eigenvalue weighted by Gasteiger charge is -2.35. The third-order valence-electron chi connectivity index (χ3n) is 4.96. The first-order valence-corrected chi connectivity index (χ1v) is 7.66. The van der Waals surface area contributed by atoms with Gasteiger partial charge in [-0.05, 0) is 69.3 Å². The van der Waals surface area contributed by atoms with Gasteiger partial charge < -0.3 is 5.32 Å². The van der Waals surface area contributed by atoms with Gasteiger partial charge in [0.25, 0.3) is 0 Å². The van der Waals surface area contributed by atoms with Crippen molar-refractivity contribution >= 4 is 12.4 Å². The van der Waals surface area contributed by atoms with Crippen molar-refractivity contribution in [3.05, 3.63) is 34.4 Å². The average molecular weight is 295 g/mol. The monoisotopic (exact) mass is 294 g/mol. The average Bonchev–Trinajstić information content (AvgIpc) is 2.81. The number of halogens is 1. The molecule has 2 heterocycles. The second kappa shape index (κ2) is 6.46. The van der Waals surface area contributed by atoms with Crippen LogP contribution in [0.5, 0.6) is 0 Å². The normalized spacial score (nSPS) is 26.1. The van der Waals surface area contributed by atoms with Crippen LogP contribution in [-0.4, -0.2) is 30.6 Å². The van der Waals surface area contributed by atoms with Crippen molar-refractivity contribution in [3.8, 4) is 0 Å². The largest absolute Gasteiger partial charge is 0.314 e. The van der Waals surface area contributed by atoms with Gasteiger partial charge >= 0.3 is 0 Å². The van der Waals surface area contributed by atoms with E-state index in [1.54, 1.807) is 5.56 Å². The fourth-order valence-corrected chi connectivity index (χ4v) is 3.95. The molecule has 2 saturated heterocycles. The summed E-state index contributed by atoms with van der Waals surface area (Å²) in [5.74, 6) is 0.889. The quantitative estimate of drug-likeness (QED) is 0.901. The van der Waals surface area contributed by atoms with Crippen molar-refractivity contribution in [2.45, 2.75) is 46.2 Å². The van der Waals surface area contributed by atoms with Gasteiger partial charge in [-0.3, -0.25) is 4.90 Å². The lowest BCUT2D eigenvalue weighted by Crippen LogP contribution is -2.44. The molecule has 0 aliphatic carbocycles. The molecule has 20 heavy (non-hydrogen) atoms. The van der Waals surface area contributed by atoms with Gasteiger partial charge in [-0.25, -0.2) is 0 Å².